The summed E-state index contributed by atoms with van der Waals surface area (Å²) >= 11 is 3.88. The van der Waals surface area contributed by atoms with E-state index < -0.39 is 0 Å². The number of thiophene rings is 2. The Bertz CT molecular complexity index is 410. The van der Waals surface area contributed by atoms with Crippen molar-refractivity contribution in [3.63, 3.8) is 0 Å². The molecule has 0 bridgehead atoms. The Morgan fingerprint density at radius 2 is 1.67 bits per heavy atom. The number of hydrogen-bond acceptors (Lipinski definition) is 2. The third-order valence-electron chi connectivity index (χ3n) is 3.48. The van der Waals surface area contributed by atoms with Gasteiger partial charge in [-0.15, -0.1) is 22.7 Å². The Labute approximate surface area is 119 Å². The minimum Gasteiger partial charge on any atom is -0.133 e. The van der Waals surface area contributed by atoms with Gasteiger partial charge in [0.05, 0.1) is 4.01 Å². The average Bonchev–Trinajstić information content (AvgIpc) is 2.93. The summed E-state index contributed by atoms with van der Waals surface area (Å²) in [6.45, 7) is 2.28. The molecular formula is C16H24S2. The Hall–Kier alpha value is -0.340. The largest absolute Gasteiger partial charge is 0.133 e. The van der Waals surface area contributed by atoms with Gasteiger partial charge in [-0.1, -0.05) is 51.9 Å². The standard InChI is InChI=1S/C16H24S2/c1-2-3-4-5-6-7-8-9-10-15-13-14-11-12-17-16(14)18-15/h11-13H,2-10H2,1H3. The molecule has 2 aromatic heterocycles. The van der Waals surface area contributed by atoms with Gasteiger partial charge < -0.3 is 0 Å². The van der Waals surface area contributed by atoms with Crippen LogP contribution in [0.15, 0.2) is 17.5 Å². The summed E-state index contributed by atoms with van der Waals surface area (Å²) in [5.41, 5.74) is 0. The first kappa shape index (κ1) is 14.1. The third kappa shape index (κ3) is 4.40. The second kappa shape index (κ2) is 7.96. The summed E-state index contributed by atoms with van der Waals surface area (Å²) in [4.78, 5) is 1.59. The maximum atomic E-state index is 2.39. The maximum Gasteiger partial charge on any atom is 0.0867 e. The molecule has 0 aliphatic rings. The van der Waals surface area contributed by atoms with Gasteiger partial charge in [0, 0.05) is 10.3 Å². The summed E-state index contributed by atoms with van der Waals surface area (Å²) in [7, 11) is 0. The van der Waals surface area contributed by atoms with Crippen LogP contribution in [0, 0.1) is 0 Å². The molecular weight excluding hydrogens is 256 g/mol. The maximum absolute atomic E-state index is 2.39. The van der Waals surface area contributed by atoms with Crippen LogP contribution in [0.3, 0.4) is 0 Å². The van der Waals surface area contributed by atoms with Crippen molar-refractivity contribution in [3.8, 4) is 0 Å². The summed E-state index contributed by atoms with van der Waals surface area (Å²) in [5, 5.41) is 3.65. The highest BCUT2D eigenvalue weighted by Crippen LogP contribution is 2.31. The molecule has 0 saturated heterocycles. The predicted molar refractivity (Wildman–Crippen MR) is 86.0 cm³/mol. The second-order valence-electron chi connectivity index (χ2n) is 5.10. The first-order valence-corrected chi connectivity index (χ1v) is 9.05. The average molecular weight is 281 g/mol. The van der Waals surface area contributed by atoms with Crippen LogP contribution in [-0.4, -0.2) is 0 Å². The van der Waals surface area contributed by atoms with Crippen molar-refractivity contribution in [3.05, 3.63) is 22.4 Å². The summed E-state index contributed by atoms with van der Waals surface area (Å²) in [5.74, 6) is 0. The molecule has 2 heterocycles. The monoisotopic (exact) mass is 280 g/mol. The van der Waals surface area contributed by atoms with Crippen molar-refractivity contribution in [2.45, 2.75) is 64.7 Å². The van der Waals surface area contributed by atoms with Crippen LogP contribution in [-0.2, 0) is 6.42 Å². The predicted octanol–water partition coefficient (Wildman–Crippen LogP) is 6.65. The zero-order chi connectivity index (χ0) is 12.6. The van der Waals surface area contributed by atoms with Gasteiger partial charge in [-0.3, -0.25) is 0 Å². The van der Waals surface area contributed by atoms with E-state index in [1.165, 1.54) is 67.2 Å². The van der Waals surface area contributed by atoms with E-state index >= 15 is 0 Å². The Morgan fingerprint density at radius 3 is 2.39 bits per heavy atom. The fourth-order valence-corrected chi connectivity index (χ4v) is 4.57. The van der Waals surface area contributed by atoms with Crippen molar-refractivity contribution in [1.29, 1.82) is 0 Å². The van der Waals surface area contributed by atoms with E-state index in [-0.39, 0.29) is 0 Å². The minimum absolute atomic E-state index is 1.29. The molecule has 2 aromatic rings. The molecule has 0 atom stereocenters. The highest BCUT2D eigenvalue weighted by atomic mass is 32.2. The second-order valence-corrected chi connectivity index (χ2v) is 7.41. The van der Waals surface area contributed by atoms with E-state index in [4.69, 9.17) is 0 Å². The van der Waals surface area contributed by atoms with Gasteiger partial charge in [0.1, 0.15) is 0 Å². The number of unbranched alkanes of at least 4 members (excludes halogenated alkanes) is 7. The minimum atomic E-state index is 1.29. The molecule has 0 saturated carbocycles. The van der Waals surface area contributed by atoms with Gasteiger partial charge in [0.2, 0.25) is 0 Å². The zero-order valence-corrected chi connectivity index (χ0v) is 13.0. The Balaban J connectivity index is 1.54. The van der Waals surface area contributed by atoms with E-state index in [2.05, 4.69) is 24.4 Å². The van der Waals surface area contributed by atoms with Crippen molar-refractivity contribution >= 4 is 32.1 Å². The van der Waals surface area contributed by atoms with Crippen molar-refractivity contribution in [2.24, 2.45) is 0 Å². The Morgan fingerprint density at radius 1 is 0.944 bits per heavy atom. The van der Waals surface area contributed by atoms with E-state index in [1.807, 2.05) is 22.7 Å². The number of aryl methyl sites for hydroxylation is 1. The topological polar surface area (TPSA) is 0 Å². The van der Waals surface area contributed by atoms with Gasteiger partial charge in [0.15, 0.2) is 0 Å². The molecule has 0 fully saturated rings. The van der Waals surface area contributed by atoms with Crippen molar-refractivity contribution < 1.29 is 0 Å². The molecule has 0 amide bonds. The third-order valence-corrected chi connectivity index (χ3v) is 5.74. The lowest BCUT2D eigenvalue weighted by atomic mass is 10.1. The first-order valence-electron chi connectivity index (χ1n) is 7.36. The Kier molecular flexibility index (Phi) is 6.22. The van der Waals surface area contributed by atoms with Crippen molar-refractivity contribution in [1.82, 2.24) is 0 Å². The van der Waals surface area contributed by atoms with Gasteiger partial charge in [-0.2, -0.15) is 0 Å². The molecule has 0 nitrogen and oxygen atoms in total. The zero-order valence-electron chi connectivity index (χ0n) is 11.4. The smallest absolute Gasteiger partial charge is 0.0867 e. The number of fused-ring (bicyclic) bond motifs is 1. The van der Waals surface area contributed by atoms with Crippen LogP contribution in [0.25, 0.3) is 9.40 Å². The molecule has 0 N–H and O–H groups in total. The molecule has 0 aromatic carbocycles. The van der Waals surface area contributed by atoms with Crippen LogP contribution in [0.2, 0.25) is 0 Å². The number of rotatable bonds is 9. The van der Waals surface area contributed by atoms with Gasteiger partial charge in [-0.05, 0) is 30.4 Å². The highest BCUT2D eigenvalue weighted by Gasteiger charge is 2.02. The van der Waals surface area contributed by atoms with E-state index in [9.17, 15) is 0 Å². The molecule has 0 radical (unpaired) electrons. The van der Waals surface area contributed by atoms with Crippen LogP contribution in [0.1, 0.15) is 63.2 Å². The molecule has 0 unspecified atom stereocenters. The van der Waals surface area contributed by atoms with Crippen LogP contribution >= 0.6 is 22.7 Å². The molecule has 2 rings (SSSR count). The first-order chi connectivity index (χ1) is 8.90. The molecule has 18 heavy (non-hydrogen) atoms. The van der Waals surface area contributed by atoms with Crippen molar-refractivity contribution in [2.75, 3.05) is 0 Å². The SMILES string of the molecule is CCCCCCCCCCc1cc2ccsc2s1. The fraction of sp³-hybridized carbons (Fsp3) is 0.625. The summed E-state index contributed by atoms with van der Waals surface area (Å²) in [6.07, 6.45) is 12.6. The van der Waals surface area contributed by atoms with Crippen LogP contribution < -0.4 is 0 Å². The normalized spacial score (nSPS) is 11.4. The highest BCUT2D eigenvalue weighted by molar-refractivity contribution is 7.37. The fourth-order valence-electron chi connectivity index (χ4n) is 2.37. The summed E-state index contributed by atoms with van der Waals surface area (Å²) in [6, 6.07) is 4.63. The van der Waals surface area contributed by atoms with E-state index in [0.29, 0.717) is 0 Å². The van der Waals surface area contributed by atoms with E-state index in [1.54, 1.807) is 4.88 Å². The summed E-state index contributed by atoms with van der Waals surface area (Å²) < 4.78 is 1.50. The lowest BCUT2D eigenvalue weighted by molar-refractivity contribution is 0.576. The molecule has 0 spiro atoms. The molecule has 2 heteroatoms. The van der Waals surface area contributed by atoms with Gasteiger partial charge in [-0.25, -0.2) is 0 Å². The van der Waals surface area contributed by atoms with Gasteiger partial charge in [0.25, 0.3) is 0 Å². The lowest BCUT2D eigenvalue weighted by Crippen LogP contribution is -1.83. The molecule has 0 aliphatic heterocycles. The van der Waals surface area contributed by atoms with Crippen LogP contribution in [0.5, 0.6) is 0 Å². The number of hydrogen-bond donors (Lipinski definition) is 0. The molecule has 0 aliphatic carbocycles. The lowest BCUT2D eigenvalue weighted by Gasteiger charge is -2.00. The van der Waals surface area contributed by atoms with Gasteiger partial charge >= 0.3 is 0 Å². The van der Waals surface area contributed by atoms with E-state index in [0.717, 1.165) is 0 Å². The molecule has 100 valence electrons. The van der Waals surface area contributed by atoms with Crippen LogP contribution in [0.4, 0.5) is 0 Å². The quantitative estimate of drug-likeness (QED) is 0.451.